The number of rotatable bonds is 3. The largest absolute Gasteiger partial charge is 0.507 e. The van der Waals surface area contributed by atoms with E-state index >= 15 is 0 Å². The number of hydrogen-bond acceptors (Lipinski definition) is 4. The fourth-order valence-corrected chi connectivity index (χ4v) is 3.05. The van der Waals surface area contributed by atoms with Gasteiger partial charge in [0.2, 0.25) is 0 Å². The summed E-state index contributed by atoms with van der Waals surface area (Å²) in [6.45, 7) is 0. The molecule has 0 saturated heterocycles. The van der Waals surface area contributed by atoms with Gasteiger partial charge in [-0.3, -0.25) is 9.59 Å². The number of ketones is 2. The van der Waals surface area contributed by atoms with Crippen molar-refractivity contribution in [3.8, 4) is 11.5 Å². The van der Waals surface area contributed by atoms with Crippen LogP contribution in [0.4, 0.5) is 39.5 Å². The summed E-state index contributed by atoms with van der Waals surface area (Å²) in [5.74, 6) is -26.1. The van der Waals surface area contributed by atoms with Gasteiger partial charge in [0.1, 0.15) is 11.5 Å². The lowest BCUT2D eigenvalue weighted by atomic mass is 9.81. The van der Waals surface area contributed by atoms with E-state index in [0.717, 1.165) is 18.2 Å². The minimum Gasteiger partial charge on any atom is -0.507 e. The predicted molar refractivity (Wildman–Crippen MR) is 82.9 cm³/mol. The zero-order chi connectivity index (χ0) is 23.7. The number of hydrogen-bond donors (Lipinski definition) is 2. The fraction of sp³-hybridized carbons (Fsp3) is 0.222. The van der Waals surface area contributed by atoms with Crippen molar-refractivity contribution < 1.29 is 59.3 Å². The zero-order valence-corrected chi connectivity index (χ0v) is 14.5. The maximum Gasteiger partial charge on any atom is 0.460 e. The highest BCUT2D eigenvalue weighted by molar-refractivity contribution is 6.30. The normalized spacial score (nSPS) is 15.0. The first-order valence-corrected chi connectivity index (χ1v) is 7.96. The molecule has 13 heteroatoms. The van der Waals surface area contributed by atoms with Crippen molar-refractivity contribution in [3.05, 3.63) is 58.1 Å². The Labute approximate surface area is 165 Å². The van der Waals surface area contributed by atoms with Gasteiger partial charge >= 0.3 is 23.9 Å². The number of carbonyl (C=O) groups excluding carboxylic acids is 2. The molecule has 0 aliphatic heterocycles. The van der Waals surface area contributed by atoms with Crippen molar-refractivity contribution in [1.29, 1.82) is 0 Å². The van der Waals surface area contributed by atoms with Crippen LogP contribution in [0.1, 0.15) is 37.4 Å². The van der Waals surface area contributed by atoms with Gasteiger partial charge in [0, 0.05) is 11.1 Å². The summed E-state index contributed by atoms with van der Waals surface area (Å²) >= 11 is 0. The SMILES string of the molecule is O=C1c2ccc(C(F)(F)C(F)(F)C(F)(F)C(F)(F)F)c(O)c2C(=O)c2cccc(O)c21. The molecule has 1 aliphatic carbocycles. The molecule has 3 rings (SSSR count). The van der Waals surface area contributed by atoms with Crippen LogP contribution in [0.3, 0.4) is 0 Å². The van der Waals surface area contributed by atoms with Crippen LogP contribution in [-0.2, 0) is 5.92 Å². The molecule has 1 aliphatic rings. The van der Waals surface area contributed by atoms with Crippen molar-refractivity contribution in [3.63, 3.8) is 0 Å². The Kier molecular flexibility index (Phi) is 4.61. The summed E-state index contributed by atoms with van der Waals surface area (Å²) in [4.78, 5) is 25.0. The monoisotopic (exact) mass is 458 g/mol. The molecular weight excluding hydrogens is 451 g/mol. The lowest BCUT2D eigenvalue weighted by molar-refractivity contribution is -0.399. The highest BCUT2D eigenvalue weighted by Gasteiger charge is 2.82. The molecule has 4 nitrogen and oxygen atoms in total. The average Bonchev–Trinajstić information content (AvgIpc) is 2.64. The Morgan fingerprint density at radius 1 is 0.645 bits per heavy atom. The Morgan fingerprint density at radius 2 is 1.16 bits per heavy atom. The van der Waals surface area contributed by atoms with Crippen molar-refractivity contribution in [2.45, 2.75) is 23.9 Å². The van der Waals surface area contributed by atoms with E-state index in [2.05, 4.69) is 0 Å². The third kappa shape index (κ3) is 2.78. The molecule has 0 fully saturated rings. The summed E-state index contributed by atoms with van der Waals surface area (Å²) in [5, 5.41) is 19.8. The highest BCUT2D eigenvalue weighted by atomic mass is 19.4. The number of alkyl halides is 9. The van der Waals surface area contributed by atoms with E-state index in [0.29, 0.717) is 0 Å². The van der Waals surface area contributed by atoms with Gasteiger partial charge in [0.05, 0.1) is 16.7 Å². The Balaban J connectivity index is 2.24. The van der Waals surface area contributed by atoms with Crippen LogP contribution < -0.4 is 0 Å². The van der Waals surface area contributed by atoms with E-state index in [9.17, 15) is 59.3 Å². The molecule has 166 valence electrons. The summed E-state index contributed by atoms with van der Waals surface area (Å²) in [7, 11) is 0. The number of halogens is 9. The van der Waals surface area contributed by atoms with Crippen LogP contribution in [0, 0.1) is 0 Å². The molecule has 0 unspecified atom stereocenters. The highest BCUT2D eigenvalue weighted by Crippen LogP contribution is 2.58. The smallest absolute Gasteiger partial charge is 0.460 e. The lowest BCUT2D eigenvalue weighted by Crippen LogP contribution is -2.59. The molecule has 2 aromatic rings. The summed E-state index contributed by atoms with van der Waals surface area (Å²) in [5.41, 5.74) is -5.84. The van der Waals surface area contributed by atoms with Gasteiger partial charge in [-0.1, -0.05) is 12.1 Å². The molecule has 0 radical (unpaired) electrons. The Morgan fingerprint density at radius 3 is 1.71 bits per heavy atom. The standard InChI is InChI=1S/C18H7F9O4/c19-15(20,16(21,22)17(23,24)18(25,26)27)8-5-4-7-11(14(8)31)13(30)6-2-1-3-9(28)10(6)12(7)29/h1-5,28,31H. The molecule has 0 spiro atoms. The number of phenols is 2. The Bertz CT molecular complexity index is 1120. The summed E-state index contributed by atoms with van der Waals surface area (Å²) in [6, 6.07) is 3.03. The minimum atomic E-state index is -7.22. The number of benzene rings is 2. The summed E-state index contributed by atoms with van der Waals surface area (Å²) < 4.78 is 119. The van der Waals surface area contributed by atoms with Crippen LogP contribution >= 0.6 is 0 Å². The lowest BCUT2D eigenvalue weighted by Gasteiger charge is -2.34. The topological polar surface area (TPSA) is 74.6 Å². The third-order valence-electron chi connectivity index (χ3n) is 4.65. The first kappa shape index (κ1) is 22.4. The molecule has 0 aromatic heterocycles. The van der Waals surface area contributed by atoms with Crippen molar-refractivity contribution >= 4 is 11.6 Å². The van der Waals surface area contributed by atoms with Crippen LogP contribution in [0.2, 0.25) is 0 Å². The predicted octanol–water partition coefficient (Wildman–Crippen LogP) is 4.80. The first-order chi connectivity index (χ1) is 14.0. The number of fused-ring (bicyclic) bond motifs is 2. The fourth-order valence-electron chi connectivity index (χ4n) is 3.05. The van der Waals surface area contributed by atoms with Crippen molar-refractivity contribution in [2.24, 2.45) is 0 Å². The number of carbonyl (C=O) groups is 2. The molecular formula is C18H7F9O4. The van der Waals surface area contributed by atoms with Crippen LogP contribution in [0.15, 0.2) is 30.3 Å². The summed E-state index contributed by atoms with van der Waals surface area (Å²) in [6.07, 6.45) is -7.08. The van der Waals surface area contributed by atoms with Crippen LogP contribution in [0.5, 0.6) is 11.5 Å². The molecule has 0 heterocycles. The average molecular weight is 458 g/mol. The van der Waals surface area contributed by atoms with Crippen LogP contribution in [0.25, 0.3) is 0 Å². The zero-order valence-electron chi connectivity index (χ0n) is 14.5. The number of aromatic hydroxyl groups is 2. The third-order valence-corrected chi connectivity index (χ3v) is 4.65. The van der Waals surface area contributed by atoms with Gasteiger partial charge in [-0.2, -0.15) is 39.5 Å². The number of phenolic OH excluding ortho intramolecular Hbond substituents is 2. The van der Waals surface area contributed by atoms with Gasteiger partial charge in [0.15, 0.2) is 11.6 Å². The van der Waals surface area contributed by atoms with Gasteiger partial charge in [0.25, 0.3) is 0 Å². The quantitative estimate of drug-likeness (QED) is 0.554. The van der Waals surface area contributed by atoms with E-state index < -0.39 is 74.8 Å². The van der Waals surface area contributed by atoms with Crippen molar-refractivity contribution in [2.75, 3.05) is 0 Å². The molecule has 0 atom stereocenters. The van der Waals surface area contributed by atoms with E-state index in [-0.39, 0.29) is 12.1 Å². The second-order valence-electron chi connectivity index (χ2n) is 6.46. The maximum absolute atomic E-state index is 14.2. The Hall–Kier alpha value is -3.25. The molecule has 0 saturated carbocycles. The van der Waals surface area contributed by atoms with Gasteiger partial charge in [-0.15, -0.1) is 0 Å². The first-order valence-electron chi connectivity index (χ1n) is 7.96. The van der Waals surface area contributed by atoms with Gasteiger partial charge in [-0.25, -0.2) is 0 Å². The van der Waals surface area contributed by atoms with Gasteiger partial charge < -0.3 is 10.2 Å². The van der Waals surface area contributed by atoms with E-state index in [4.69, 9.17) is 0 Å². The molecule has 0 bridgehead atoms. The van der Waals surface area contributed by atoms with E-state index in [1.165, 1.54) is 0 Å². The van der Waals surface area contributed by atoms with Crippen LogP contribution in [-0.4, -0.2) is 39.8 Å². The second kappa shape index (κ2) is 6.37. The molecule has 0 amide bonds. The molecule has 2 aromatic carbocycles. The second-order valence-corrected chi connectivity index (χ2v) is 6.46. The maximum atomic E-state index is 14.2. The van der Waals surface area contributed by atoms with E-state index in [1.807, 2.05) is 0 Å². The minimum absolute atomic E-state index is 0.176. The van der Waals surface area contributed by atoms with Gasteiger partial charge in [-0.05, 0) is 18.2 Å². The molecule has 2 N–H and O–H groups in total. The van der Waals surface area contributed by atoms with Crippen molar-refractivity contribution in [1.82, 2.24) is 0 Å². The van der Waals surface area contributed by atoms with E-state index in [1.54, 1.807) is 0 Å². The molecule has 31 heavy (non-hydrogen) atoms.